The second-order valence-electron chi connectivity index (χ2n) is 4.38. The van der Waals surface area contributed by atoms with Crippen molar-refractivity contribution in [1.29, 1.82) is 0 Å². The SMILES string of the molecule is Cn1cc(C(N)=O)c(NCCc2cc(Cl)cc(Cl)c2)n1. The first-order valence-electron chi connectivity index (χ1n) is 5.98. The third-order valence-corrected chi connectivity index (χ3v) is 3.16. The standard InChI is InChI=1S/C13H14Cl2N4O/c1-19-7-11(12(16)20)13(18-19)17-3-2-8-4-9(14)6-10(15)5-8/h4-7H,2-3H2,1H3,(H2,16,20)(H,17,18). The van der Waals surface area contributed by atoms with Gasteiger partial charge >= 0.3 is 0 Å². The van der Waals surface area contributed by atoms with Gasteiger partial charge in [-0.15, -0.1) is 0 Å². The van der Waals surface area contributed by atoms with Gasteiger partial charge in [-0.25, -0.2) is 0 Å². The number of hydrogen-bond donors (Lipinski definition) is 2. The van der Waals surface area contributed by atoms with Crippen LogP contribution >= 0.6 is 23.2 Å². The van der Waals surface area contributed by atoms with Gasteiger partial charge in [0.25, 0.3) is 5.91 Å². The maximum absolute atomic E-state index is 11.3. The van der Waals surface area contributed by atoms with Gasteiger partial charge in [0.1, 0.15) is 5.56 Å². The van der Waals surface area contributed by atoms with Crippen LogP contribution in [0, 0.1) is 0 Å². The van der Waals surface area contributed by atoms with Gasteiger partial charge in [0.15, 0.2) is 5.82 Å². The number of hydrogen-bond acceptors (Lipinski definition) is 3. The zero-order valence-electron chi connectivity index (χ0n) is 10.9. The first-order valence-corrected chi connectivity index (χ1v) is 6.73. The average molecular weight is 313 g/mol. The minimum atomic E-state index is -0.508. The second-order valence-corrected chi connectivity index (χ2v) is 5.26. The van der Waals surface area contributed by atoms with E-state index in [2.05, 4.69) is 10.4 Å². The van der Waals surface area contributed by atoms with E-state index >= 15 is 0 Å². The summed E-state index contributed by atoms with van der Waals surface area (Å²) in [4.78, 5) is 11.3. The number of aryl methyl sites for hydroxylation is 1. The number of primary amides is 1. The van der Waals surface area contributed by atoms with Gasteiger partial charge < -0.3 is 11.1 Å². The highest BCUT2D eigenvalue weighted by molar-refractivity contribution is 6.34. The molecule has 0 unspecified atom stereocenters. The van der Waals surface area contributed by atoms with Crippen molar-refractivity contribution in [2.45, 2.75) is 6.42 Å². The Bertz CT molecular complexity index is 619. The van der Waals surface area contributed by atoms with Crippen molar-refractivity contribution in [3.63, 3.8) is 0 Å². The largest absolute Gasteiger partial charge is 0.368 e. The van der Waals surface area contributed by atoms with Gasteiger partial charge in [-0.1, -0.05) is 23.2 Å². The molecule has 106 valence electrons. The first kappa shape index (κ1) is 14.7. The fourth-order valence-corrected chi connectivity index (χ4v) is 2.45. The van der Waals surface area contributed by atoms with Crippen LogP contribution < -0.4 is 11.1 Å². The highest BCUT2D eigenvalue weighted by Crippen LogP contribution is 2.19. The predicted molar refractivity (Wildman–Crippen MR) is 80.4 cm³/mol. The number of nitrogens with one attached hydrogen (secondary N) is 1. The Morgan fingerprint density at radius 3 is 2.60 bits per heavy atom. The smallest absolute Gasteiger partial charge is 0.254 e. The molecule has 0 aliphatic heterocycles. The highest BCUT2D eigenvalue weighted by atomic mass is 35.5. The van der Waals surface area contributed by atoms with Crippen molar-refractivity contribution in [2.75, 3.05) is 11.9 Å². The van der Waals surface area contributed by atoms with E-state index in [1.54, 1.807) is 24.0 Å². The number of nitrogens with two attached hydrogens (primary N) is 1. The van der Waals surface area contributed by atoms with E-state index in [1.807, 2.05) is 12.1 Å². The summed E-state index contributed by atoms with van der Waals surface area (Å²) in [5.41, 5.74) is 6.66. The molecule has 1 aromatic heterocycles. The van der Waals surface area contributed by atoms with Crippen LogP contribution in [0.5, 0.6) is 0 Å². The maximum Gasteiger partial charge on any atom is 0.254 e. The van der Waals surface area contributed by atoms with Crippen LogP contribution in [0.4, 0.5) is 5.82 Å². The van der Waals surface area contributed by atoms with E-state index in [4.69, 9.17) is 28.9 Å². The zero-order valence-corrected chi connectivity index (χ0v) is 12.4. The van der Waals surface area contributed by atoms with E-state index < -0.39 is 5.91 Å². The molecule has 20 heavy (non-hydrogen) atoms. The van der Waals surface area contributed by atoms with Crippen molar-refractivity contribution in [3.05, 3.63) is 45.6 Å². The van der Waals surface area contributed by atoms with Gasteiger partial charge in [-0.2, -0.15) is 5.10 Å². The number of nitrogens with zero attached hydrogens (tertiary/aromatic N) is 2. The van der Waals surface area contributed by atoms with Crippen molar-refractivity contribution in [2.24, 2.45) is 12.8 Å². The summed E-state index contributed by atoms with van der Waals surface area (Å²) >= 11 is 11.9. The van der Waals surface area contributed by atoms with Crippen LogP contribution in [0.3, 0.4) is 0 Å². The molecule has 1 aromatic carbocycles. The molecule has 1 amide bonds. The number of carbonyl (C=O) groups excluding carboxylic acids is 1. The fraction of sp³-hybridized carbons (Fsp3) is 0.231. The Hall–Kier alpha value is -1.72. The minimum absolute atomic E-state index is 0.372. The summed E-state index contributed by atoms with van der Waals surface area (Å²) < 4.78 is 1.54. The van der Waals surface area contributed by atoms with Crippen LogP contribution in [0.15, 0.2) is 24.4 Å². The topological polar surface area (TPSA) is 72.9 Å². The van der Waals surface area contributed by atoms with Crippen LogP contribution in [0.1, 0.15) is 15.9 Å². The quantitative estimate of drug-likeness (QED) is 0.890. The van der Waals surface area contributed by atoms with Crippen molar-refractivity contribution < 1.29 is 4.79 Å². The third kappa shape index (κ3) is 3.65. The minimum Gasteiger partial charge on any atom is -0.368 e. The van der Waals surface area contributed by atoms with E-state index in [-0.39, 0.29) is 0 Å². The number of halogens is 2. The summed E-state index contributed by atoms with van der Waals surface area (Å²) in [5, 5.41) is 8.43. The number of aromatic nitrogens is 2. The molecule has 0 aliphatic rings. The maximum atomic E-state index is 11.3. The lowest BCUT2D eigenvalue weighted by Gasteiger charge is -2.06. The number of rotatable bonds is 5. The van der Waals surface area contributed by atoms with Crippen LogP contribution in [0.2, 0.25) is 10.0 Å². The molecule has 7 heteroatoms. The Kier molecular flexibility index (Phi) is 4.52. The lowest BCUT2D eigenvalue weighted by Crippen LogP contribution is -2.14. The van der Waals surface area contributed by atoms with Crippen molar-refractivity contribution in [1.82, 2.24) is 9.78 Å². The monoisotopic (exact) mass is 312 g/mol. The van der Waals surface area contributed by atoms with Crippen molar-refractivity contribution >= 4 is 34.9 Å². The molecule has 1 heterocycles. The molecule has 0 atom stereocenters. The molecule has 0 spiro atoms. The number of benzene rings is 1. The lowest BCUT2D eigenvalue weighted by atomic mass is 10.1. The summed E-state index contributed by atoms with van der Waals surface area (Å²) in [7, 11) is 1.73. The number of anilines is 1. The Morgan fingerprint density at radius 1 is 1.35 bits per heavy atom. The molecular formula is C13H14Cl2N4O. The van der Waals surface area contributed by atoms with E-state index in [1.165, 1.54) is 0 Å². The van der Waals surface area contributed by atoms with E-state index in [0.29, 0.717) is 34.4 Å². The normalized spacial score (nSPS) is 10.6. The van der Waals surface area contributed by atoms with Crippen LogP contribution in [0.25, 0.3) is 0 Å². The zero-order chi connectivity index (χ0) is 14.7. The summed E-state index contributed by atoms with van der Waals surface area (Å²) in [6, 6.07) is 5.38. The molecule has 0 radical (unpaired) electrons. The molecule has 0 saturated carbocycles. The van der Waals surface area contributed by atoms with Gasteiger partial charge in [-0.05, 0) is 30.2 Å². The third-order valence-electron chi connectivity index (χ3n) is 2.72. The van der Waals surface area contributed by atoms with Gasteiger partial charge in [0.2, 0.25) is 0 Å². The summed E-state index contributed by atoms with van der Waals surface area (Å²) in [6.45, 7) is 0.591. The molecule has 3 N–H and O–H groups in total. The summed E-state index contributed by atoms with van der Waals surface area (Å²) in [5.74, 6) is -0.0282. The molecule has 0 saturated heterocycles. The fourth-order valence-electron chi connectivity index (χ4n) is 1.88. The number of carbonyl (C=O) groups is 1. The average Bonchev–Trinajstić information content (AvgIpc) is 2.69. The van der Waals surface area contributed by atoms with E-state index in [0.717, 1.165) is 5.56 Å². The Labute approximate surface area is 126 Å². The molecule has 0 aliphatic carbocycles. The van der Waals surface area contributed by atoms with Gasteiger partial charge in [0, 0.05) is 29.8 Å². The number of amides is 1. The van der Waals surface area contributed by atoms with Gasteiger partial charge in [-0.3, -0.25) is 9.48 Å². The molecule has 2 aromatic rings. The molecule has 0 fully saturated rings. The summed E-state index contributed by atoms with van der Waals surface area (Å²) in [6.07, 6.45) is 2.29. The van der Waals surface area contributed by atoms with Crippen molar-refractivity contribution in [3.8, 4) is 0 Å². The Balaban J connectivity index is 2.01. The molecular weight excluding hydrogens is 299 g/mol. The molecule has 2 rings (SSSR count). The second kappa shape index (κ2) is 6.15. The lowest BCUT2D eigenvalue weighted by molar-refractivity contribution is 0.100. The van der Waals surface area contributed by atoms with Gasteiger partial charge in [0.05, 0.1) is 0 Å². The highest BCUT2D eigenvalue weighted by Gasteiger charge is 2.12. The van der Waals surface area contributed by atoms with Crippen LogP contribution in [-0.4, -0.2) is 22.2 Å². The molecule has 5 nitrogen and oxygen atoms in total. The van der Waals surface area contributed by atoms with Crippen LogP contribution in [-0.2, 0) is 13.5 Å². The predicted octanol–water partition coefficient (Wildman–Crippen LogP) is 2.48. The molecule has 0 bridgehead atoms. The van der Waals surface area contributed by atoms with E-state index in [9.17, 15) is 4.79 Å². The first-order chi connectivity index (χ1) is 9.45. The Morgan fingerprint density at radius 2 is 2.00 bits per heavy atom.